The minimum Gasteiger partial charge on any atom is -0.349 e. The summed E-state index contributed by atoms with van der Waals surface area (Å²) in [4.78, 5) is 15.9. The third kappa shape index (κ3) is 3.60. The van der Waals surface area contributed by atoms with Gasteiger partial charge in [-0.05, 0) is 49.0 Å². The molecule has 1 unspecified atom stereocenters. The van der Waals surface area contributed by atoms with E-state index in [9.17, 15) is 4.79 Å². The van der Waals surface area contributed by atoms with Gasteiger partial charge >= 0.3 is 0 Å². The molecule has 4 heteroatoms. The van der Waals surface area contributed by atoms with Crippen LogP contribution in [0.2, 0.25) is 0 Å². The summed E-state index contributed by atoms with van der Waals surface area (Å²) in [5, 5.41) is 4.30. The minimum atomic E-state index is 0.0290. The number of fused-ring (bicyclic) bond motifs is 1. The first kappa shape index (κ1) is 16.3. The van der Waals surface area contributed by atoms with Gasteiger partial charge in [0.15, 0.2) is 0 Å². The van der Waals surface area contributed by atoms with Gasteiger partial charge in [0.1, 0.15) is 0 Å². The van der Waals surface area contributed by atoms with Gasteiger partial charge in [-0.1, -0.05) is 48.5 Å². The van der Waals surface area contributed by atoms with Crippen molar-refractivity contribution in [1.82, 2.24) is 10.2 Å². The van der Waals surface area contributed by atoms with Gasteiger partial charge in [-0.25, -0.2) is 0 Å². The van der Waals surface area contributed by atoms with Gasteiger partial charge in [-0.2, -0.15) is 0 Å². The molecule has 3 nitrogen and oxygen atoms in total. The molecule has 4 rings (SSSR count). The molecule has 128 valence electrons. The molecule has 1 amide bonds. The van der Waals surface area contributed by atoms with E-state index < -0.39 is 0 Å². The van der Waals surface area contributed by atoms with Gasteiger partial charge in [0, 0.05) is 11.2 Å². The number of amides is 1. The van der Waals surface area contributed by atoms with Gasteiger partial charge in [-0.15, -0.1) is 11.3 Å². The summed E-state index contributed by atoms with van der Waals surface area (Å²) in [5.74, 6) is 0.0290. The van der Waals surface area contributed by atoms with Crippen molar-refractivity contribution in [2.24, 2.45) is 0 Å². The maximum absolute atomic E-state index is 12.6. The van der Waals surface area contributed by atoms with Crippen molar-refractivity contribution < 1.29 is 4.79 Å². The molecule has 0 radical (unpaired) electrons. The molecule has 2 aromatic carbocycles. The average Bonchev–Trinajstić information content (AvgIpc) is 3.32. The van der Waals surface area contributed by atoms with E-state index >= 15 is 0 Å². The molecule has 0 spiro atoms. The smallest absolute Gasteiger partial charge is 0.261 e. The predicted octanol–water partition coefficient (Wildman–Crippen LogP) is 4.47. The Morgan fingerprint density at radius 2 is 1.76 bits per heavy atom. The number of carbonyl (C=O) groups excluding carboxylic acids is 1. The molecular formula is C21H22N2OS. The highest BCUT2D eigenvalue weighted by molar-refractivity contribution is 7.20. The van der Waals surface area contributed by atoms with Crippen LogP contribution in [0.15, 0.2) is 60.7 Å². The standard InChI is InChI=1S/C21H22N2OS/c24-21(20-14-17-10-4-5-11-19(17)25-20)22-15-18(23-12-6-7-13-23)16-8-2-1-3-9-16/h1-5,8-11,14,18H,6-7,12-13,15H2,(H,22,24). The van der Waals surface area contributed by atoms with E-state index in [0.29, 0.717) is 6.54 Å². The van der Waals surface area contributed by atoms with Crippen molar-refractivity contribution in [3.63, 3.8) is 0 Å². The molecule has 0 saturated carbocycles. The fraction of sp³-hybridized carbons (Fsp3) is 0.286. The SMILES string of the molecule is O=C(NCC(c1ccccc1)N1CCCC1)c1cc2ccccc2s1. The Kier molecular flexibility index (Phi) is 4.81. The van der Waals surface area contributed by atoms with E-state index in [1.807, 2.05) is 24.3 Å². The van der Waals surface area contributed by atoms with Crippen molar-refractivity contribution in [2.75, 3.05) is 19.6 Å². The molecule has 1 fully saturated rings. The van der Waals surface area contributed by atoms with Crippen LogP contribution in [0.3, 0.4) is 0 Å². The lowest BCUT2D eigenvalue weighted by Crippen LogP contribution is -2.36. The Morgan fingerprint density at radius 3 is 2.52 bits per heavy atom. The van der Waals surface area contributed by atoms with Crippen LogP contribution in [-0.2, 0) is 0 Å². The van der Waals surface area contributed by atoms with Gasteiger partial charge in [-0.3, -0.25) is 9.69 Å². The fourth-order valence-electron chi connectivity index (χ4n) is 3.56. The quantitative estimate of drug-likeness (QED) is 0.736. The number of carbonyl (C=O) groups is 1. The predicted molar refractivity (Wildman–Crippen MR) is 104 cm³/mol. The Labute approximate surface area is 152 Å². The van der Waals surface area contributed by atoms with Crippen LogP contribution in [-0.4, -0.2) is 30.4 Å². The second-order valence-electron chi connectivity index (χ2n) is 6.53. The lowest BCUT2D eigenvalue weighted by molar-refractivity contribution is 0.0942. The number of hydrogen-bond acceptors (Lipinski definition) is 3. The first-order chi connectivity index (χ1) is 12.3. The van der Waals surface area contributed by atoms with Gasteiger partial charge in [0.05, 0.1) is 10.9 Å². The summed E-state index contributed by atoms with van der Waals surface area (Å²) in [6.45, 7) is 2.87. The Hall–Kier alpha value is -2.17. The van der Waals surface area contributed by atoms with Crippen molar-refractivity contribution in [3.8, 4) is 0 Å². The van der Waals surface area contributed by atoms with Crippen molar-refractivity contribution in [3.05, 3.63) is 71.1 Å². The van der Waals surface area contributed by atoms with Gasteiger partial charge in [0.25, 0.3) is 5.91 Å². The van der Waals surface area contributed by atoms with Crippen molar-refractivity contribution in [2.45, 2.75) is 18.9 Å². The van der Waals surface area contributed by atoms with E-state index in [0.717, 1.165) is 28.1 Å². The number of likely N-dealkylation sites (tertiary alicyclic amines) is 1. The van der Waals surface area contributed by atoms with E-state index in [1.54, 1.807) is 11.3 Å². The highest BCUT2D eigenvalue weighted by atomic mass is 32.1. The number of thiophene rings is 1. The summed E-state index contributed by atoms with van der Waals surface area (Å²) in [6, 6.07) is 20.9. The number of nitrogens with one attached hydrogen (secondary N) is 1. The maximum atomic E-state index is 12.6. The summed E-state index contributed by atoms with van der Waals surface area (Å²) in [6.07, 6.45) is 2.49. The van der Waals surface area contributed by atoms with Crippen LogP contribution in [0.5, 0.6) is 0 Å². The number of rotatable bonds is 5. The third-order valence-electron chi connectivity index (χ3n) is 4.87. The fourth-order valence-corrected chi connectivity index (χ4v) is 4.54. The Morgan fingerprint density at radius 1 is 1.04 bits per heavy atom. The summed E-state index contributed by atoms with van der Waals surface area (Å²) >= 11 is 1.56. The molecule has 1 saturated heterocycles. The zero-order valence-electron chi connectivity index (χ0n) is 14.2. The Bertz CT molecular complexity index is 819. The highest BCUT2D eigenvalue weighted by Crippen LogP contribution is 2.27. The molecule has 1 aliphatic heterocycles. The largest absolute Gasteiger partial charge is 0.349 e. The van der Waals surface area contributed by atoms with E-state index in [4.69, 9.17) is 0 Å². The zero-order valence-corrected chi connectivity index (χ0v) is 15.0. The molecule has 1 aliphatic rings. The lowest BCUT2D eigenvalue weighted by Gasteiger charge is -2.28. The van der Waals surface area contributed by atoms with Crippen LogP contribution in [0.1, 0.15) is 34.1 Å². The van der Waals surface area contributed by atoms with E-state index in [-0.39, 0.29) is 11.9 Å². The number of nitrogens with zero attached hydrogens (tertiary/aromatic N) is 1. The number of benzene rings is 2. The van der Waals surface area contributed by atoms with Crippen molar-refractivity contribution >= 4 is 27.3 Å². The summed E-state index contributed by atoms with van der Waals surface area (Å²) in [7, 11) is 0. The molecule has 3 aromatic rings. The molecule has 25 heavy (non-hydrogen) atoms. The summed E-state index contributed by atoms with van der Waals surface area (Å²) in [5.41, 5.74) is 1.28. The molecule has 0 bridgehead atoms. The average molecular weight is 350 g/mol. The van der Waals surface area contributed by atoms with E-state index in [2.05, 4.69) is 46.6 Å². The zero-order chi connectivity index (χ0) is 17.1. The number of hydrogen-bond donors (Lipinski definition) is 1. The van der Waals surface area contributed by atoms with E-state index in [1.165, 1.54) is 18.4 Å². The Balaban J connectivity index is 1.49. The molecule has 1 N–H and O–H groups in total. The third-order valence-corrected chi connectivity index (χ3v) is 5.99. The van der Waals surface area contributed by atoms with Gasteiger partial charge in [0.2, 0.25) is 0 Å². The van der Waals surface area contributed by atoms with Gasteiger partial charge < -0.3 is 5.32 Å². The normalized spacial score (nSPS) is 16.2. The van der Waals surface area contributed by atoms with Crippen LogP contribution in [0.4, 0.5) is 0 Å². The minimum absolute atomic E-state index is 0.0290. The van der Waals surface area contributed by atoms with Crippen LogP contribution in [0, 0.1) is 0 Å². The molecular weight excluding hydrogens is 328 g/mol. The maximum Gasteiger partial charge on any atom is 0.261 e. The van der Waals surface area contributed by atoms with Crippen LogP contribution in [0.25, 0.3) is 10.1 Å². The second-order valence-corrected chi connectivity index (χ2v) is 7.61. The van der Waals surface area contributed by atoms with Crippen LogP contribution < -0.4 is 5.32 Å². The second kappa shape index (κ2) is 7.38. The first-order valence-electron chi connectivity index (χ1n) is 8.87. The molecule has 1 aromatic heterocycles. The molecule has 1 atom stereocenters. The van der Waals surface area contributed by atoms with Crippen molar-refractivity contribution in [1.29, 1.82) is 0 Å². The molecule has 0 aliphatic carbocycles. The summed E-state index contributed by atoms with van der Waals surface area (Å²) < 4.78 is 1.16. The molecule has 2 heterocycles. The highest BCUT2D eigenvalue weighted by Gasteiger charge is 2.24. The lowest BCUT2D eigenvalue weighted by atomic mass is 10.1. The monoisotopic (exact) mass is 350 g/mol. The first-order valence-corrected chi connectivity index (χ1v) is 9.69. The van der Waals surface area contributed by atoms with Crippen LogP contribution >= 0.6 is 11.3 Å². The topological polar surface area (TPSA) is 32.3 Å².